The predicted molar refractivity (Wildman–Crippen MR) is 129 cm³/mol. The Labute approximate surface area is 208 Å². The molecular formula is C28H25ClN2O4. The van der Waals surface area contributed by atoms with Crippen LogP contribution >= 0.6 is 11.6 Å². The fraction of sp³-hybridized carbons (Fsp3) is 0.357. The Bertz CT molecular complexity index is 1300. The van der Waals surface area contributed by atoms with Crippen molar-refractivity contribution < 1.29 is 19.2 Å². The van der Waals surface area contributed by atoms with Crippen LogP contribution in [0, 0.1) is 49.4 Å². The number of carbonyl (C=O) groups is 4. The Hall–Kier alpha value is -3.25. The van der Waals surface area contributed by atoms with Gasteiger partial charge in [-0.2, -0.15) is 5.01 Å². The van der Waals surface area contributed by atoms with Crippen molar-refractivity contribution >= 4 is 35.1 Å². The highest BCUT2D eigenvalue weighted by molar-refractivity contribution is 6.34. The number of halogens is 1. The number of imide groups is 1. The summed E-state index contributed by atoms with van der Waals surface area (Å²) >= 11 is 6.31. The van der Waals surface area contributed by atoms with Gasteiger partial charge in [-0.3, -0.25) is 19.2 Å². The number of hydrazine groups is 1. The van der Waals surface area contributed by atoms with Gasteiger partial charge in [-0.25, -0.2) is 5.01 Å². The van der Waals surface area contributed by atoms with Crippen LogP contribution in [0.5, 0.6) is 0 Å². The van der Waals surface area contributed by atoms with Gasteiger partial charge in [-0.05, 0) is 73.3 Å². The zero-order valence-corrected chi connectivity index (χ0v) is 20.2. The Balaban J connectivity index is 1.38. The molecule has 3 fully saturated rings. The second kappa shape index (κ2) is 7.89. The summed E-state index contributed by atoms with van der Waals surface area (Å²) in [5.41, 5.74) is 2.55. The average molecular weight is 489 g/mol. The summed E-state index contributed by atoms with van der Waals surface area (Å²) in [4.78, 5) is 54.5. The fourth-order valence-electron chi connectivity index (χ4n) is 6.33. The molecule has 4 aliphatic carbocycles. The maximum atomic E-state index is 13.7. The number of ketones is 1. The van der Waals surface area contributed by atoms with E-state index in [4.69, 9.17) is 11.6 Å². The second-order valence-electron chi connectivity index (χ2n) is 10.2. The van der Waals surface area contributed by atoms with Gasteiger partial charge in [0.15, 0.2) is 5.78 Å². The first-order valence-corrected chi connectivity index (χ1v) is 12.4. The monoisotopic (exact) mass is 488 g/mol. The zero-order valence-electron chi connectivity index (χ0n) is 19.5. The quantitative estimate of drug-likeness (QED) is 0.358. The van der Waals surface area contributed by atoms with Gasteiger partial charge < -0.3 is 0 Å². The molecule has 5 aliphatic rings. The van der Waals surface area contributed by atoms with Gasteiger partial charge >= 0.3 is 0 Å². The fourth-order valence-corrected chi connectivity index (χ4v) is 6.54. The van der Waals surface area contributed by atoms with Crippen molar-refractivity contribution in [3.8, 4) is 0 Å². The van der Waals surface area contributed by atoms with Gasteiger partial charge in [0.1, 0.15) is 6.54 Å². The molecule has 0 aromatic heterocycles. The van der Waals surface area contributed by atoms with Crippen molar-refractivity contribution in [2.45, 2.75) is 20.3 Å². The highest BCUT2D eigenvalue weighted by Gasteiger charge is 2.68. The number of carbonyl (C=O) groups excluding carboxylic acids is 4. The molecule has 7 heteroatoms. The minimum absolute atomic E-state index is 0.0177. The third-order valence-electron chi connectivity index (χ3n) is 8.34. The van der Waals surface area contributed by atoms with Crippen molar-refractivity contribution in [1.82, 2.24) is 10.0 Å². The summed E-state index contributed by atoms with van der Waals surface area (Å²) in [6.45, 7) is 3.43. The highest BCUT2D eigenvalue weighted by atomic mass is 35.5. The van der Waals surface area contributed by atoms with Crippen molar-refractivity contribution in [3.63, 3.8) is 0 Å². The largest absolute Gasteiger partial charge is 0.292 e. The Morgan fingerprint density at radius 1 is 0.943 bits per heavy atom. The molecule has 3 amide bonds. The first-order valence-electron chi connectivity index (χ1n) is 12.0. The topological polar surface area (TPSA) is 74.8 Å². The highest BCUT2D eigenvalue weighted by Crippen LogP contribution is 2.65. The lowest BCUT2D eigenvalue weighted by Crippen LogP contribution is -2.52. The minimum Gasteiger partial charge on any atom is -0.292 e. The summed E-state index contributed by atoms with van der Waals surface area (Å²) < 4.78 is 0. The average Bonchev–Trinajstić information content (AvgIpc) is 3.63. The first kappa shape index (κ1) is 22.2. The van der Waals surface area contributed by atoms with E-state index in [0.717, 1.165) is 27.6 Å². The van der Waals surface area contributed by atoms with E-state index in [1.165, 1.54) is 6.07 Å². The smallest absolute Gasteiger partial charge is 0.274 e. The molecule has 0 spiro atoms. The molecule has 1 saturated heterocycles. The molecule has 1 heterocycles. The van der Waals surface area contributed by atoms with Gasteiger partial charge in [0.05, 0.1) is 22.4 Å². The van der Waals surface area contributed by atoms with E-state index in [2.05, 4.69) is 12.2 Å². The molecule has 0 radical (unpaired) electrons. The molecule has 1 aliphatic heterocycles. The number of aryl methyl sites for hydroxylation is 2. The summed E-state index contributed by atoms with van der Waals surface area (Å²) in [6, 6.07) is 11.8. The zero-order chi connectivity index (χ0) is 24.6. The number of allylic oxidation sites excluding steroid dienone is 2. The molecule has 0 unspecified atom stereocenters. The summed E-state index contributed by atoms with van der Waals surface area (Å²) in [5, 5.41) is 2.17. The van der Waals surface area contributed by atoms with E-state index in [1.807, 2.05) is 19.9 Å². The van der Waals surface area contributed by atoms with E-state index >= 15 is 0 Å². The molecule has 2 aromatic rings. The van der Waals surface area contributed by atoms with Gasteiger partial charge in [-0.15, -0.1) is 0 Å². The van der Waals surface area contributed by atoms with Crippen molar-refractivity contribution in [3.05, 3.63) is 81.9 Å². The van der Waals surface area contributed by atoms with Crippen LogP contribution < -0.4 is 0 Å². The van der Waals surface area contributed by atoms with Crippen molar-refractivity contribution in [2.75, 3.05) is 6.54 Å². The van der Waals surface area contributed by atoms with E-state index in [-0.39, 0.29) is 28.2 Å². The SMILES string of the molecule is Cc1ccc(C(=O)CN(C(=O)c2ccccc2Cl)N2C(=O)[C@@H]3[C@H]4C=C[C@@H]([C@@H]5C[C@@H]45)[C@H]3C2=O)cc1C. The lowest BCUT2D eigenvalue weighted by atomic mass is 9.63. The normalized spacial score (nSPS) is 29.7. The van der Waals surface area contributed by atoms with E-state index in [0.29, 0.717) is 17.4 Å². The predicted octanol–water partition coefficient (Wildman–Crippen LogP) is 4.25. The van der Waals surface area contributed by atoms with Crippen LogP contribution in [0.3, 0.4) is 0 Å². The number of amides is 3. The van der Waals surface area contributed by atoms with Crippen LogP contribution in [0.1, 0.15) is 38.3 Å². The Morgan fingerprint density at radius 2 is 1.57 bits per heavy atom. The van der Waals surface area contributed by atoms with Crippen molar-refractivity contribution in [1.29, 1.82) is 0 Å². The summed E-state index contributed by atoms with van der Waals surface area (Å²) in [6.07, 6.45) is 5.20. The van der Waals surface area contributed by atoms with Gasteiger partial charge in [0, 0.05) is 5.56 Å². The Kier molecular flexibility index (Phi) is 5.01. The van der Waals surface area contributed by atoms with Crippen molar-refractivity contribution in [2.24, 2.45) is 35.5 Å². The second-order valence-corrected chi connectivity index (χ2v) is 10.6. The molecule has 6 atom stereocenters. The molecule has 35 heavy (non-hydrogen) atoms. The van der Waals surface area contributed by atoms with E-state index < -0.39 is 36.1 Å². The van der Waals surface area contributed by atoms with Crippen LogP contribution in [0.15, 0.2) is 54.6 Å². The number of rotatable bonds is 5. The molecule has 2 aromatic carbocycles. The standard InChI is InChI=1S/C28H25ClN2O4/c1-14-7-8-16(11-15(14)2)23(32)13-30(26(33)19-5-3-4-6-22(19)29)31-27(34)24-17-9-10-18(21-12-20(17)21)25(24)28(31)35/h3-11,17-18,20-21,24-25H,12-13H2,1-2H3/t17-,18-,20-,21-,24+,25+/m0/s1. The van der Waals surface area contributed by atoms with Crippen LogP contribution in [0.25, 0.3) is 0 Å². The number of benzene rings is 2. The minimum atomic E-state index is -0.640. The third kappa shape index (κ3) is 3.30. The molecule has 2 saturated carbocycles. The van der Waals surface area contributed by atoms with Gasteiger partial charge in [-0.1, -0.05) is 48.0 Å². The summed E-state index contributed by atoms with van der Waals surface area (Å²) in [5.74, 6) is -1.81. The maximum Gasteiger partial charge on any atom is 0.274 e. The molecular weight excluding hydrogens is 464 g/mol. The number of nitrogens with zero attached hydrogens (tertiary/aromatic N) is 2. The van der Waals surface area contributed by atoms with Crippen LogP contribution in [0.2, 0.25) is 5.02 Å². The van der Waals surface area contributed by atoms with Crippen LogP contribution in [0.4, 0.5) is 0 Å². The molecule has 2 bridgehead atoms. The number of hydrogen-bond acceptors (Lipinski definition) is 4. The Morgan fingerprint density at radius 3 is 2.17 bits per heavy atom. The molecule has 6 nitrogen and oxygen atoms in total. The van der Waals surface area contributed by atoms with Crippen LogP contribution in [-0.4, -0.2) is 40.1 Å². The van der Waals surface area contributed by atoms with Gasteiger partial charge in [0.25, 0.3) is 17.7 Å². The first-order chi connectivity index (χ1) is 16.8. The lowest BCUT2D eigenvalue weighted by molar-refractivity contribution is -0.154. The number of Topliss-reactive ketones (excluding diaryl/α,β-unsaturated/α-hetero) is 1. The molecule has 7 rings (SSSR count). The van der Waals surface area contributed by atoms with E-state index in [9.17, 15) is 19.2 Å². The van der Waals surface area contributed by atoms with Crippen LogP contribution in [-0.2, 0) is 9.59 Å². The van der Waals surface area contributed by atoms with Gasteiger partial charge in [0.2, 0.25) is 0 Å². The summed E-state index contributed by atoms with van der Waals surface area (Å²) in [7, 11) is 0. The number of hydrogen-bond donors (Lipinski definition) is 0. The molecule has 178 valence electrons. The lowest BCUT2D eigenvalue weighted by Gasteiger charge is -2.37. The molecule has 0 N–H and O–H groups in total. The maximum absolute atomic E-state index is 13.7. The third-order valence-corrected chi connectivity index (χ3v) is 8.67. The van der Waals surface area contributed by atoms with E-state index in [1.54, 1.807) is 30.3 Å².